The first-order chi connectivity index (χ1) is 6.11. The van der Waals surface area contributed by atoms with E-state index in [0.717, 1.165) is 0 Å². The quantitative estimate of drug-likeness (QED) is 0.869. The summed E-state index contributed by atoms with van der Waals surface area (Å²) in [5, 5.41) is 8.41. The maximum atomic E-state index is 13.3. The van der Waals surface area contributed by atoms with Crippen LogP contribution in [0.25, 0.3) is 0 Å². The first kappa shape index (κ1) is 10.4. The highest BCUT2D eigenvalue weighted by Crippen LogP contribution is 2.16. The van der Waals surface area contributed by atoms with E-state index in [-0.39, 0.29) is 18.7 Å². The van der Waals surface area contributed by atoms with E-state index >= 15 is 0 Å². The molecule has 0 heterocycles. The van der Waals surface area contributed by atoms with Crippen LogP contribution in [0.15, 0.2) is 18.2 Å². The van der Waals surface area contributed by atoms with Gasteiger partial charge in [-0.1, -0.05) is 12.1 Å². The molecule has 1 N–H and O–H groups in total. The van der Waals surface area contributed by atoms with Crippen LogP contribution in [0.5, 0.6) is 0 Å². The molecule has 0 amide bonds. The summed E-state index contributed by atoms with van der Waals surface area (Å²) in [4.78, 5) is 10.2. The molecule has 0 atom stereocenters. The molecule has 0 spiro atoms. The maximum Gasteiger partial charge on any atom is 0.303 e. The second kappa shape index (κ2) is 4.55. The molecule has 0 aromatic heterocycles. The molecule has 13 heavy (non-hydrogen) atoms. The number of hydrogen-bond acceptors (Lipinski definition) is 1. The SMILES string of the molecule is O=C(O)CCc1cccc(I)c1F. The van der Waals surface area contributed by atoms with Gasteiger partial charge in [-0.2, -0.15) is 0 Å². The number of carboxylic acids is 1. The number of aryl methyl sites for hydroxylation is 1. The van der Waals surface area contributed by atoms with E-state index < -0.39 is 5.97 Å². The highest BCUT2D eigenvalue weighted by atomic mass is 127. The fourth-order valence-corrected chi connectivity index (χ4v) is 1.54. The van der Waals surface area contributed by atoms with E-state index in [1.807, 2.05) is 22.6 Å². The molecule has 0 saturated carbocycles. The normalized spacial score (nSPS) is 10.0. The van der Waals surface area contributed by atoms with E-state index in [2.05, 4.69) is 0 Å². The smallest absolute Gasteiger partial charge is 0.303 e. The van der Waals surface area contributed by atoms with Crippen LogP contribution in [0.2, 0.25) is 0 Å². The van der Waals surface area contributed by atoms with Crippen molar-refractivity contribution in [2.75, 3.05) is 0 Å². The molecule has 0 aliphatic rings. The van der Waals surface area contributed by atoms with Crippen molar-refractivity contribution in [3.63, 3.8) is 0 Å². The number of halogens is 2. The highest BCUT2D eigenvalue weighted by molar-refractivity contribution is 14.1. The van der Waals surface area contributed by atoms with Crippen LogP contribution in [-0.2, 0) is 11.2 Å². The van der Waals surface area contributed by atoms with E-state index in [4.69, 9.17) is 5.11 Å². The molecule has 0 saturated heterocycles. The van der Waals surface area contributed by atoms with Crippen LogP contribution in [0.3, 0.4) is 0 Å². The molecule has 0 aliphatic carbocycles. The van der Waals surface area contributed by atoms with Crippen LogP contribution in [0, 0.1) is 9.39 Å². The lowest BCUT2D eigenvalue weighted by molar-refractivity contribution is -0.136. The molecule has 1 rings (SSSR count). The standard InChI is InChI=1S/C9H8FIO2/c10-9-6(4-5-8(12)13)2-1-3-7(9)11/h1-3H,4-5H2,(H,12,13). The third kappa shape index (κ3) is 2.95. The largest absolute Gasteiger partial charge is 0.481 e. The van der Waals surface area contributed by atoms with Gasteiger partial charge in [0.1, 0.15) is 5.82 Å². The summed E-state index contributed by atoms with van der Waals surface area (Å²) in [5.74, 6) is -1.21. The Hall–Kier alpha value is -0.650. The summed E-state index contributed by atoms with van der Waals surface area (Å²) in [5.41, 5.74) is 0.467. The Balaban J connectivity index is 2.77. The molecule has 1 aromatic carbocycles. The average Bonchev–Trinajstić information content (AvgIpc) is 2.07. The van der Waals surface area contributed by atoms with Gasteiger partial charge in [0, 0.05) is 9.99 Å². The first-order valence-electron chi connectivity index (χ1n) is 3.76. The third-order valence-corrected chi connectivity index (χ3v) is 2.47. The van der Waals surface area contributed by atoms with Gasteiger partial charge in [0.15, 0.2) is 0 Å². The van der Waals surface area contributed by atoms with Gasteiger partial charge < -0.3 is 5.11 Å². The first-order valence-corrected chi connectivity index (χ1v) is 4.84. The Bertz CT molecular complexity index is 325. The van der Waals surface area contributed by atoms with Crippen molar-refractivity contribution in [2.24, 2.45) is 0 Å². The molecule has 4 heteroatoms. The Morgan fingerprint density at radius 2 is 2.23 bits per heavy atom. The molecule has 1 aromatic rings. The molecule has 0 aliphatic heterocycles. The summed E-state index contributed by atoms with van der Waals surface area (Å²) in [7, 11) is 0. The van der Waals surface area contributed by atoms with Gasteiger partial charge in [0.25, 0.3) is 0 Å². The zero-order valence-corrected chi connectivity index (χ0v) is 8.92. The van der Waals surface area contributed by atoms with Crippen LogP contribution in [0.1, 0.15) is 12.0 Å². The monoisotopic (exact) mass is 294 g/mol. The van der Waals surface area contributed by atoms with Crippen molar-refractivity contribution < 1.29 is 14.3 Å². The Labute approximate surface area is 88.9 Å². The van der Waals surface area contributed by atoms with Crippen molar-refractivity contribution in [3.8, 4) is 0 Å². The van der Waals surface area contributed by atoms with Crippen LogP contribution in [0.4, 0.5) is 4.39 Å². The van der Waals surface area contributed by atoms with Gasteiger partial charge in [0.2, 0.25) is 0 Å². The third-order valence-electron chi connectivity index (χ3n) is 1.64. The number of aliphatic carboxylic acids is 1. The van der Waals surface area contributed by atoms with Crippen molar-refractivity contribution >= 4 is 28.6 Å². The van der Waals surface area contributed by atoms with E-state index in [1.165, 1.54) is 0 Å². The molecule has 0 bridgehead atoms. The lowest BCUT2D eigenvalue weighted by Gasteiger charge is -2.01. The zero-order chi connectivity index (χ0) is 9.84. The molecule has 0 radical (unpaired) electrons. The Morgan fingerprint density at radius 3 is 2.85 bits per heavy atom. The fourth-order valence-electron chi connectivity index (χ4n) is 0.983. The van der Waals surface area contributed by atoms with Crippen molar-refractivity contribution in [3.05, 3.63) is 33.1 Å². The maximum absolute atomic E-state index is 13.3. The van der Waals surface area contributed by atoms with Crippen LogP contribution < -0.4 is 0 Å². The van der Waals surface area contributed by atoms with Gasteiger partial charge in [-0.05, 0) is 40.6 Å². The number of benzene rings is 1. The molecule has 2 nitrogen and oxygen atoms in total. The van der Waals surface area contributed by atoms with Crippen LogP contribution in [-0.4, -0.2) is 11.1 Å². The molecular formula is C9H8FIO2. The minimum Gasteiger partial charge on any atom is -0.481 e. The second-order valence-corrected chi connectivity index (χ2v) is 3.77. The van der Waals surface area contributed by atoms with Crippen molar-refractivity contribution in [1.82, 2.24) is 0 Å². The lowest BCUT2D eigenvalue weighted by Crippen LogP contribution is -2.00. The fraction of sp³-hybridized carbons (Fsp3) is 0.222. The predicted octanol–water partition coefficient (Wildman–Crippen LogP) is 2.45. The molecule has 0 fully saturated rings. The topological polar surface area (TPSA) is 37.3 Å². The number of rotatable bonds is 3. The molecule has 70 valence electrons. The van der Waals surface area contributed by atoms with E-state index in [0.29, 0.717) is 9.13 Å². The van der Waals surface area contributed by atoms with E-state index in [9.17, 15) is 9.18 Å². The average molecular weight is 294 g/mol. The van der Waals surface area contributed by atoms with Gasteiger partial charge in [0.05, 0.1) is 0 Å². The summed E-state index contributed by atoms with van der Waals surface area (Å²) >= 11 is 1.88. The Kier molecular flexibility index (Phi) is 3.65. The van der Waals surface area contributed by atoms with Gasteiger partial charge in [-0.3, -0.25) is 4.79 Å². The minimum atomic E-state index is -0.904. The van der Waals surface area contributed by atoms with Crippen molar-refractivity contribution in [2.45, 2.75) is 12.8 Å². The summed E-state index contributed by atoms with van der Waals surface area (Å²) < 4.78 is 13.8. The summed E-state index contributed by atoms with van der Waals surface area (Å²) in [6.45, 7) is 0. The highest BCUT2D eigenvalue weighted by Gasteiger charge is 2.06. The molecule has 0 unspecified atom stereocenters. The van der Waals surface area contributed by atoms with Gasteiger partial charge >= 0.3 is 5.97 Å². The summed E-state index contributed by atoms with van der Waals surface area (Å²) in [6.07, 6.45) is 0.217. The molecular weight excluding hydrogens is 286 g/mol. The van der Waals surface area contributed by atoms with Gasteiger partial charge in [-0.15, -0.1) is 0 Å². The van der Waals surface area contributed by atoms with Crippen LogP contribution >= 0.6 is 22.6 Å². The predicted molar refractivity (Wildman–Crippen MR) is 55.1 cm³/mol. The number of carboxylic acid groups (broad SMARTS) is 1. The Morgan fingerprint density at radius 1 is 1.54 bits per heavy atom. The minimum absolute atomic E-state index is 0.0307. The zero-order valence-electron chi connectivity index (χ0n) is 6.76. The summed E-state index contributed by atoms with van der Waals surface area (Å²) in [6, 6.07) is 4.99. The van der Waals surface area contributed by atoms with E-state index in [1.54, 1.807) is 18.2 Å². The lowest BCUT2D eigenvalue weighted by atomic mass is 10.1. The number of hydrogen-bond donors (Lipinski definition) is 1. The number of carbonyl (C=O) groups is 1. The van der Waals surface area contributed by atoms with Gasteiger partial charge in [-0.25, -0.2) is 4.39 Å². The van der Waals surface area contributed by atoms with Crippen molar-refractivity contribution in [1.29, 1.82) is 0 Å². The second-order valence-electron chi connectivity index (χ2n) is 2.61.